The number of rotatable bonds is 8. The van der Waals surface area contributed by atoms with Gasteiger partial charge in [0, 0.05) is 0 Å². The third-order valence-corrected chi connectivity index (χ3v) is 12.9. The molecule has 4 N–H and O–H groups in total. The summed E-state index contributed by atoms with van der Waals surface area (Å²) < 4.78 is 11.9. The quantitative estimate of drug-likeness (QED) is 0.281. The van der Waals surface area contributed by atoms with Crippen molar-refractivity contribution >= 4 is 0 Å². The minimum absolute atomic E-state index is 0.0698. The van der Waals surface area contributed by atoms with E-state index in [1.54, 1.807) is 5.57 Å². The fourth-order valence-corrected chi connectivity index (χ4v) is 10.2. The van der Waals surface area contributed by atoms with Crippen molar-refractivity contribution in [2.45, 2.75) is 136 Å². The Morgan fingerprint density at radius 2 is 1.66 bits per heavy atom. The molecular formula is C35H58O6. The third-order valence-electron chi connectivity index (χ3n) is 12.9. The van der Waals surface area contributed by atoms with Crippen LogP contribution in [0.25, 0.3) is 0 Å². The zero-order valence-corrected chi connectivity index (χ0v) is 26.4. The summed E-state index contributed by atoms with van der Waals surface area (Å²) in [6.07, 6.45) is 12.0. The average molecular weight is 575 g/mol. The summed E-state index contributed by atoms with van der Waals surface area (Å²) in [7, 11) is 0. The van der Waals surface area contributed by atoms with Gasteiger partial charge in [0.2, 0.25) is 0 Å². The molecule has 0 aromatic carbocycles. The minimum Gasteiger partial charge on any atom is -0.394 e. The fraction of sp³-hybridized carbons (Fsp3) is 0.886. The summed E-state index contributed by atoms with van der Waals surface area (Å²) in [4.78, 5) is 0. The van der Waals surface area contributed by atoms with E-state index in [9.17, 15) is 20.4 Å². The number of hydrogen-bond donors (Lipinski definition) is 4. The number of aliphatic hydroxyl groups is 4. The van der Waals surface area contributed by atoms with Crippen LogP contribution in [0.3, 0.4) is 0 Å². The van der Waals surface area contributed by atoms with Gasteiger partial charge in [-0.3, -0.25) is 0 Å². The molecule has 6 heteroatoms. The molecule has 5 rings (SSSR count). The number of fused-ring (bicyclic) bond motifs is 5. The van der Waals surface area contributed by atoms with Crippen LogP contribution in [-0.4, -0.2) is 63.8 Å². The van der Waals surface area contributed by atoms with Gasteiger partial charge in [-0.2, -0.15) is 0 Å². The predicted octanol–water partition coefficient (Wildman–Crippen LogP) is 5.63. The van der Waals surface area contributed by atoms with Crippen molar-refractivity contribution in [2.75, 3.05) is 6.61 Å². The first-order chi connectivity index (χ1) is 19.4. The van der Waals surface area contributed by atoms with E-state index in [-0.39, 0.29) is 11.5 Å². The van der Waals surface area contributed by atoms with E-state index in [0.717, 1.165) is 31.6 Å². The topological polar surface area (TPSA) is 99.4 Å². The molecule has 1 heterocycles. The molecule has 41 heavy (non-hydrogen) atoms. The monoisotopic (exact) mass is 574 g/mol. The molecule has 0 unspecified atom stereocenters. The van der Waals surface area contributed by atoms with Crippen LogP contribution in [0.2, 0.25) is 0 Å². The lowest BCUT2D eigenvalue weighted by atomic mass is 9.47. The minimum atomic E-state index is -1.40. The predicted molar refractivity (Wildman–Crippen MR) is 161 cm³/mol. The van der Waals surface area contributed by atoms with Gasteiger partial charge in [0.1, 0.15) is 24.4 Å². The van der Waals surface area contributed by atoms with Gasteiger partial charge in [0.25, 0.3) is 0 Å². The zero-order chi connectivity index (χ0) is 29.7. The summed E-state index contributed by atoms with van der Waals surface area (Å²) in [5, 5.41) is 40.4. The molecule has 6 nitrogen and oxygen atoms in total. The van der Waals surface area contributed by atoms with E-state index in [1.807, 2.05) is 0 Å². The summed E-state index contributed by atoms with van der Waals surface area (Å²) >= 11 is 0. The second-order valence-electron chi connectivity index (χ2n) is 15.3. The third kappa shape index (κ3) is 5.64. The van der Waals surface area contributed by atoms with Crippen LogP contribution < -0.4 is 0 Å². The molecule has 234 valence electrons. The van der Waals surface area contributed by atoms with Crippen molar-refractivity contribution in [2.24, 2.45) is 52.3 Å². The first kappa shape index (κ1) is 31.7. The van der Waals surface area contributed by atoms with Crippen molar-refractivity contribution in [1.29, 1.82) is 0 Å². The Morgan fingerprint density at radius 3 is 2.34 bits per heavy atom. The second-order valence-corrected chi connectivity index (χ2v) is 15.3. The molecular weight excluding hydrogens is 516 g/mol. The van der Waals surface area contributed by atoms with Crippen LogP contribution in [0, 0.1) is 52.3 Å². The van der Waals surface area contributed by atoms with E-state index >= 15 is 0 Å². The highest BCUT2D eigenvalue weighted by Gasteiger charge is 2.58. The van der Waals surface area contributed by atoms with Gasteiger partial charge >= 0.3 is 0 Å². The molecule has 4 aliphatic carbocycles. The first-order valence-corrected chi connectivity index (χ1v) is 16.8. The maximum Gasteiger partial charge on any atom is 0.186 e. The van der Waals surface area contributed by atoms with Gasteiger partial charge < -0.3 is 29.9 Å². The second kappa shape index (κ2) is 12.3. The molecule has 0 amide bonds. The lowest BCUT2D eigenvalue weighted by Crippen LogP contribution is -2.60. The Hall–Kier alpha value is -0.760. The van der Waals surface area contributed by atoms with Crippen LogP contribution >= 0.6 is 0 Å². The van der Waals surface area contributed by atoms with Crippen molar-refractivity contribution in [3.05, 3.63) is 23.8 Å². The first-order valence-electron chi connectivity index (χ1n) is 16.8. The lowest BCUT2D eigenvalue weighted by Gasteiger charge is -2.58. The fourth-order valence-electron chi connectivity index (χ4n) is 10.2. The largest absolute Gasteiger partial charge is 0.394 e. The van der Waals surface area contributed by atoms with Crippen LogP contribution in [0.1, 0.15) is 99.3 Å². The number of aliphatic hydroxyl groups excluding tert-OH is 4. The SMILES string of the molecule is CC[C@H](/C=C/[C@H](C)[C@H]1CC[C@H]2C3=CC[C@H]4C[C@@H](O[C@@H]5O[C@H](CO)[C@@H](O)[C@H](O)[C@H]5O)CC[C@]4(C)[C@H]3CC[C@]12C)C(C)C. The molecule has 14 atom stereocenters. The molecule has 4 fully saturated rings. The van der Waals surface area contributed by atoms with E-state index < -0.39 is 37.3 Å². The molecule has 0 radical (unpaired) electrons. The molecule has 1 aliphatic heterocycles. The van der Waals surface area contributed by atoms with E-state index in [4.69, 9.17) is 9.47 Å². The molecule has 3 saturated carbocycles. The van der Waals surface area contributed by atoms with Crippen molar-refractivity contribution in [3.8, 4) is 0 Å². The molecule has 0 bridgehead atoms. The Bertz CT molecular complexity index is 960. The van der Waals surface area contributed by atoms with Crippen LogP contribution in [0.15, 0.2) is 23.8 Å². The maximum atomic E-state index is 10.5. The van der Waals surface area contributed by atoms with E-state index in [0.29, 0.717) is 40.9 Å². The highest BCUT2D eigenvalue weighted by Crippen LogP contribution is 2.67. The van der Waals surface area contributed by atoms with E-state index in [1.165, 1.54) is 32.1 Å². The van der Waals surface area contributed by atoms with Crippen molar-refractivity contribution in [1.82, 2.24) is 0 Å². The van der Waals surface area contributed by atoms with Crippen LogP contribution in [-0.2, 0) is 9.47 Å². The molecule has 1 saturated heterocycles. The van der Waals surface area contributed by atoms with Gasteiger partial charge in [0.05, 0.1) is 12.7 Å². The Morgan fingerprint density at radius 1 is 0.951 bits per heavy atom. The summed E-state index contributed by atoms with van der Waals surface area (Å²) in [6, 6.07) is 0. The number of allylic oxidation sites excluding steroid dienone is 4. The molecule has 0 aromatic rings. The molecule has 0 spiro atoms. The standard InChI is InChI=1S/C35H58O6/c1-7-22(20(2)3)9-8-21(4)26-12-13-27-25-11-10-23-18-24(14-16-34(23,5)28(25)15-17-35(26,27)6)40-33-32(39)31(38)30(37)29(19-36)41-33/h8-9,11,20-24,26-33,36-39H,7,10,12-19H2,1-6H3/b9-8+/t21-,22+,23-,24-,26+,27-,28-,29+,30+,31-,32+,33+,34-,35+/m0/s1. The van der Waals surface area contributed by atoms with Gasteiger partial charge in [-0.05, 0) is 110 Å². The number of ether oxygens (including phenoxy) is 2. The lowest BCUT2D eigenvalue weighted by molar-refractivity contribution is -0.315. The maximum absolute atomic E-state index is 10.5. The summed E-state index contributed by atoms with van der Waals surface area (Å²) in [5.41, 5.74) is 2.41. The molecule has 0 aromatic heterocycles. The average Bonchev–Trinajstić information content (AvgIpc) is 3.30. The Kier molecular flexibility index (Phi) is 9.51. The highest BCUT2D eigenvalue weighted by atomic mass is 16.7. The summed E-state index contributed by atoms with van der Waals surface area (Å²) in [6.45, 7) is 14.2. The summed E-state index contributed by atoms with van der Waals surface area (Å²) in [5.74, 6) is 4.61. The van der Waals surface area contributed by atoms with Crippen LogP contribution in [0.4, 0.5) is 0 Å². The van der Waals surface area contributed by atoms with Gasteiger partial charge in [-0.1, -0.05) is 65.3 Å². The number of hydrogen-bond acceptors (Lipinski definition) is 6. The van der Waals surface area contributed by atoms with Crippen LogP contribution in [0.5, 0.6) is 0 Å². The Labute approximate surface area is 248 Å². The van der Waals surface area contributed by atoms with E-state index in [2.05, 4.69) is 59.8 Å². The Balaban J connectivity index is 1.26. The molecule has 5 aliphatic rings. The smallest absolute Gasteiger partial charge is 0.186 e. The van der Waals surface area contributed by atoms with Gasteiger partial charge in [0.15, 0.2) is 6.29 Å². The van der Waals surface area contributed by atoms with Crippen molar-refractivity contribution in [3.63, 3.8) is 0 Å². The zero-order valence-electron chi connectivity index (χ0n) is 26.4. The van der Waals surface area contributed by atoms with Gasteiger partial charge in [-0.25, -0.2) is 0 Å². The van der Waals surface area contributed by atoms with Gasteiger partial charge in [-0.15, -0.1) is 0 Å². The normalized spacial score (nSPS) is 47.9. The van der Waals surface area contributed by atoms with Crippen molar-refractivity contribution < 1.29 is 29.9 Å². The highest BCUT2D eigenvalue weighted by molar-refractivity contribution is 5.28.